The van der Waals surface area contributed by atoms with Gasteiger partial charge >= 0.3 is 0 Å². The lowest BCUT2D eigenvalue weighted by molar-refractivity contribution is -0.384. The van der Waals surface area contributed by atoms with Crippen LogP contribution in [-0.4, -0.2) is 20.9 Å². The van der Waals surface area contributed by atoms with E-state index < -0.39 is 10.8 Å². The number of rotatable bonds is 5. The molecule has 0 saturated heterocycles. The standard InChI is InChI=1S/C26H18N4O4S2/c1-15-13-17(25-27-20-7-2-3-8-23(20)36-25)9-10-19(15)28-26(35)29-24(31)22-12-11-21(34-22)16-5-4-6-18(14-16)30(32)33/h2-14H,1H3,(H2,28,29,31,35). The Bertz CT molecular complexity index is 1610. The Hall–Kier alpha value is -4.41. The molecule has 0 radical (unpaired) electrons. The summed E-state index contributed by atoms with van der Waals surface area (Å²) in [4.78, 5) is 27.8. The fourth-order valence-electron chi connectivity index (χ4n) is 3.64. The number of nitro benzene ring substituents is 1. The van der Waals surface area contributed by atoms with Gasteiger partial charge in [0.15, 0.2) is 10.9 Å². The fourth-order valence-corrected chi connectivity index (χ4v) is 4.80. The van der Waals surface area contributed by atoms with Gasteiger partial charge in [-0.3, -0.25) is 20.2 Å². The van der Waals surface area contributed by atoms with Gasteiger partial charge in [-0.2, -0.15) is 0 Å². The lowest BCUT2D eigenvalue weighted by Crippen LogP contribution is -2.34. The third-order valence-corrected chi connectivity index (χ3v) is 6.70. The maximum Gasteiger partial charge on any atom is 0.293 e. The van der Waals surface area contributed by atoms with E-state index >= 15 is 0 Å². The van der Waals surface area contributed by atoms with Gasteiger partial charge < -0.3 is 9.73 Å². The summed E-state index contributed by atoms with van der Waals surface area (Å²) >= 11 is 6.95. The summed E-state index contributed by atoms with van der Waals surface area (Å²) in [5.74, 6) is -0.166. The van der Waals surface area contributed by atoms with E-state index in [1.807, 2.05) is 49.4 Å². The van der Waals surface area contributed by atoms with Gasteiger partial charge in [0, 0.05) is 28.9 Å². The lowest BCUT2D eigenvalue weighted by atomic mass is 10.1. The zero-order valence-corrected chi connectivity index (χ0v) is 20.5. The summed E-state index contributed by atoms with van der Waals surface area (Å²) in [7, 11) is 0. The molecule has 1 amide bonds. The molecular formula is C26H18N4O4S2. The van der Waals surface area contributed by atoms with Crippen molar-refractivity contribution in [2.24, 2.45) is 0 Å². The number of amides is 1. The third kappa shape index (κ3) is 4.85. The summed E-state index contributed by atoms with van der Waals surface area (Å²) in [6.07, 6.45) is 0. The van der Waals surface area contributed by atoms with Crippen LogP contribution in [0.1, 0.15) is 16.1 Å². The van der Waals surface area contributed by atoms with E-state index in [-0.39, 0.29) is 16.6 Å². The van der Waals surface area contributed by atoms with Gasteiger partial charge in [0.05, 0.1) is 15.1 Å². The monoisotopic (exact) mass is 514 g/mol. The highest BCUT2D eigenvalue weighted by molar-refractivity contribution is 7.80. The second-order valence-corrected chi connectivity index (χ2v) is 9.33. The highest BCUT2D eigenvalue weighted by atomic mass is 32.1. The molecule has 5 rings (SSSR count). The number of hydrogen-bond donors (Lipinski definition) is 2. The van der Waals surface area contributed by atoms with E-state index in [0.717, 1.165) is 32.0 Å². The molecule has 0 saturated carbocycles. The molecule has 5 aromatic rings. The summed E-state index contributed by atoms with van der Waals surface area (Å²) in [6.45, 7) is 1.95. The topological polar surface area (TPSA) is 110 Å². The number of thiazole rings is 1. The van der Waals surface area contributed by atoms with E-state index in [9.17, 15) is 14.9 Å². The molecule has 8 nitrogen and oxygen atoms in total. The predicted octanol–water partition coefficient (Wildman–Crippen LogP) is 6.57. The van der Waals surface area contributed by atoms with Crippen molar-refractivity contribution < 1.29 is 14.1 Å². The Morgan fingerprint density at radius 3 is 2.64 bits per heavy atom. The number of fused-ring (bicyclic) bond motifs is 1. The SMILES string of the molecule is Cc1cc(-c2nc3ccccc3s2)ccc1NC(=S)NC(=O)c1ccc(-c2cccc([N+](=O)[O-])c2)o1. The number of nitrogens with one attached hydrogen (secondary N) is 2. The first kappa shape index (κ1) is 23.3. The Balaban J connectivity index is 1.25. The third-order valence-electron chi connectivity index (χ3n) is 5.41. The number of para-hydroxylation sites is 1. The van der Waals surface area contributed by atoms with Gasteiger partial charge in [-0.05, 0) is 67.2 Å². The van der Waals surface area contributed by atoms with E-state index in [1.54, 1.807) is 29.5 Å². The summed E-state index contributed by atoms with van der Waals surface area (Å²) < 4.78 is 6.73. The van der Waals surface area contributed by atoms with E-state index in [2.05, 4.69) is 10.6 Å². The number of carbonyl (C=O) groups excluding carboxylic acids is 1. The Labute approximate surface area is 214 Å². The maximum atomic E-state index is 12.6. The molecule has 2 N–H and O–H groups in total. The first-order chi connectivity index (χ1) is 17.4. The Morgan fingerprint density at radius 1 is 1.03 bits per heavy atom. The molecule has 0 bridgehead atoms. The molecular weight excluding hydrogens is 496 g/mol. The summed E-state index contributed by atoms with van der Waals surface area (Å²) in [5.41, 5.74) is 4.08. The van der Waals surface area contributed by atoms with E-state index in [0.29, 0.717) is 11.3 Å². The van der Waals surface area contributed by atoms with Crippen molar-refractivity contribution in [3.8, 4) is 21.9 Å². The highest BCUT2D eigenvalue weighted by Gasteiger charge is 2.16. The van der Waals surface area contributed by atoms with Crippen LogP contribution in [0.3, 0.4) is 0 Å². The van der Waals surface area contributed by atoms with Gasteiger partial charge in [0.1, 0.15) is 10.8 Å². The van der Waals surface area contributed by atoms with E-state index in [4.69, 9.17) is 21.6 Å². The molecule has 0 atom stereocenters. The minimum Gasteiger partial charge on any atom is -0.451 e. The van der Waals surface area contributed by atoms with Crippen molar-refractivity contribution in [3.05, 3.63) is 100 Å². The van der Waals surface area contributed by atoms with Crippen LogP contribution in [-0.2, 0) is 0 Å². The van der Waals surface area contributed by atoms with Crippen LogP contribution in [0.4, 0.5) is 11.4 Å². The number of benzene rings is 3. The Morgan fingerprint density at radius 2 is 1.86 bits per heavy atom. The van der Waals surface area contributed by atoms with Crippen LogP contribution in [0.15, 0.2) is 83.3 Å². The van der Waals surface area contributed by atoms with Crippen molar-refractivity contribution in [3.63, 3.8) is 0 Å². The largest absolute Gasteiger partial charge is 0.451 e. The number of anilines is 1. The molecule has 2 heterocycles. The smallest absolute Gasteiger partial charge is 0.293 e. The molecule has 178 valence electrons. The van der Waals surface area contributed by atoms with Crippen molar-refractivity contribution in [2.75, 3.05) is 5.32 Å². The molecule has 3 aromatic carbocycles. The van der Waals surface area contributed by atoms with Gasteiger partial charge in [-0.15, -0.1) is 11.3 Å². The first-order valence-corrected chi connectivity index (χ1v) is 12.0. The number of furan rings is 1. The molecule has 0 fully saturated rings. The predicted molar refractivity (Wildman–Crippen MR) is 144 cm³/mol. The van der Waals surface area contributed by atoms with Crippen molar-refractivity contribution in [1.82, 2.24) is 10.3 Å². The van der Waals surface area contributed by atoms with Crippen LogP contribution in [0.2, 0.25) is 0 Å². The number of carbonyl (C=O) groups is 1. The molecule has 0 aliphatic heterocycles. The van der Waals surface area contributed by atoms with Gasteiger partial charge in [0.25, 0.3) is 11.6 Å². The number of non-ortho nitro benzene ring substituents is 1. The number of thiocarbonyl (C=S) groups is 1. The molecule has 0 aliphatic carbocycles. The normalized spacial score (nSPS) is 10.8. The van der Waals surface area contributed by atoms with Crippen molar-refractivity contribution in [2.45, 2.75) is 6.92 Å². The minimum absolute atomic E-state index is 0.0311. The van der Waals surface area contributed by atoms with Crippen LogP contribution in [0.5, 0.6) is 0 Å². The van der Waals surface area contributed by atoms with Gasteiger partial charge in [-0.25, -0.2) is 4.98 Å². The van der Waals surface area contributed by atoms with Gasteiger partial charge in [0.2, 0.25) is 0 Å². The van der Waals surface area contributed by atoms with Crippen molar-refractivity contribution >= 4 is 56.2 Å². The average Bonchev–Trinajstić information content (AvgIpc) is 3.53. The van der Waals surface area contributed by atoms with Crippen molar-refractivity contribution in [1.29, 1.82) is 0 Å². The van der Waals surface area contributed by atoms with Crippen LogP contribution in [0.25, 0.3) is 32.1 Å². The number of nitrogens with zero attached hydrogens (tertiary/aromatic N) is 2. The number of aromatic nitrogens is 1. The van der Waals surface area contributed by atoms with Gasteiger partial charge in [-0.1, -0.05) is 24.3 Å². The zero-order valence-electron chi connectivity index (χ0n) is 18.8. The molecule has 0 unspecified atom stereocenters. The van der Waals surface area contributed by atoms with Crippen LogP contribution >= 0.6 is 23.6 Å². The number of aryl methyl sites for hydroxylation is 1. The zero-order chi connectivity index (χ0) is 25.2. The quantitative estimate of drug-likeness (QED) is 0.155. The molecule has 36 heavy (non-hydrogen) atoms. The number of nitro groups is 1. The molecule has 10 heteroatoms. The summed E-state index contributed by atoms with van der Waals surface area (Å²) in [5, 5.41) is 17.7. The fraction of sp³-hybridized carbons (Fsp3) is 0.0385. The second kappa shape index (κ2) is 9.68. The van der Waals surface area contributed by atoms with E-state index in [1.165, 1.54) is 18.2 Å². The Kier molecular flexibility index (Phi) is 6.28. The highest BCUT2D eigenvalue weighted by Crippen LogP contribution is 2.32. The van der Waals surface area contributed by atoms with Crippen LogP contribution in [0, 0.1) is 17.0 Å². The minimum atomic E-state index is -0.534. The second-order valence-electron chi connectivity index (χ2n) is 7.90. The summed E-state index contributed by atoms with van der Waals surface area (Å²) in [6, 6.07) is 22.9. The van der Waals surface area contributed by atoms with Crippen LogP contribution < -0.4 is 10.6 Å². The first-order valence-electron chi connectivity index (χ1n) is 10.8. The molecule has 0 aliphatic rings. The maximum absolute atomic E-state index is 12.6. The molecule has 2 aromatic heterocycles. The molecule has 0 spiro atoms. The average molecular weight is 515 g/mol. The number of hydrogen-bond acceptors (Lipinski definition) is 7. The lowest BCUT2D eigenvalue weighted by Gasteiger charge is -2.12.